The second kappa shape index (κ2) is 6.55. The lowest BCUT2D eigenvalue weighted by Crippen LogP contribution is -1.98. The summed E-state index contributed by atoms with van der Waals surface area (Å²) in [5, 5.41) is 9.98. The molecule has 0 aliphatic heterocycles. The first-order chi connectivity index (χ1) is 9.24. The Bertz CT molecular complexity index is 554. The van der Waals surface area contributed by atoms with Crippen molar-refractivity contribution in [3.05, 3.63) is 65.7 Å². The van der Waals surface area contributed by atoms with Crippen molar-refractivity contribution in [1.29, 1.82) is 0 Å². The van der Waals surface area contributed by atoms with E-state index >= 15 is 0 Å². The number of phenolic OH excluding ortho intramolecular Hbond substituents is 1. The van der Waals surface area contributed by atoms with Gasteiger partial charge in [0.1, 0.15) is 5.75 Å². The smallest absolute Gasteiger partial charge is 0.203 e. The number of rotatable bonds is 5. The molecule has 0 unspecified atom stereocenters. The topological polar surface area (TPSA) is 46.5 Å². The summed E-state index contributed by atoms with van der Waals surface area (Å²) in [6.45, 7) is 2.21. The van der Waals surface area contributed by atoms with Crippen LogP contribution in [0.5, 0.6) is 5.75 Å². The summed E-state index contributed by atoms with van der Waals surface area (Å²) in [5.41, 5.74) is 1.12. The Hall–Kier alpha value is -1.57. The fourth-order valence-electron chi connectivity index (χ4n) is 2.05. The minimum absolute atomic E-state index is 0.148. The number of phenols is 1. The predicted molar refractivity (Wildman–Crippen MR) is 77.0 cm³/mol. The molecule has 0 aliphatic carbocycles. The standard InChI is InChI=1S/C15H17O3P/c1-2-18-19(17)15(12-8-4-3-5-9-12)13-10-6-7-11-14(13)16/h3-11,15-16,19H,2H2,1H3/t15-/m0/s1. The molecule has 0 aromatic heterocycles. The van der Waals surface area contributed by atoms with Crippen LogP contribution in [0.2, 0.25) is 0 Å². The molecule has 0 heterocycles. The minimum Gasteiger partial charge on any atom is -0.508 e. The van der Waals surface area contributed by atoms with E-state index in [9.17, 15) is 9.67 Å². The summed E-state index contributed by atoms with van der Waals surface area (Å²) < 4.78 is 17.7. The summed E-state index contributed by atoms with van der Waals surface area (Å²) in [4.78, 5) is 0. The van der Waals surface area contributed by atoms with Gasteiger partial charge < -0.3 is 9.63 Å². The van der Waals surface area contributed by atoms with Gasteiger partial charge in [-0.05, 0) is 18.6 Å². The van der Waals surface area contributed by atoms with E-state index in [-0.39, 0.29) is 5.75 Å². The molecule has 19 heavy (non-hydrogen) atoms. The van der Waals surface area contributed by atoms with E-state index in [0.717, 1.165) is 5.56 Å². The van der Waals surface area contributed by atoms with Crippen molar-refractivity contribution >= 4 is 8.03 Å². The molecule has 0 amide bonds. The second-order valence-electron chi connectivity index (χ2n) is 4.15. The van der Waals surface area contributed by atoms with Gasteiger partial charge in [-0.25, -0.2) is 0 Å². The van der Waals surface area contributed by atoms with Crippen LogP contribution < -0.4 is 0 Å². The number of para-hydroxylation sites is 1. The zero-order valence-electron chi connectivity index (χ0n) is 10.7. The highest BCUT2D eigenvalue weighted by Crippen LogP contribution is 2.48. The first-order valence-corrected chi connectivity index (χ1v) is 7.63. The third-order valence-corrected chi connectivity index (χ3v) is 4.59. The van der Waals surface area contributed by atoms with Crippen molar-refractivity contribution in [2.45, 2.75) is 12.6 Å². The third kappa shape index (κ3) is 3.25. The van der Waals surface area contributed by atoms with Gasteiger partial charge in [-0.3, -0.25) is 4.57 Å². The summed E-state index contributed by atoms with van der Waals surface area (Å²) in [6.07, 6.45) is 0. The summed E-state index contributed by atoms with van der Waals surface area (Å²) in [6, 6.07) is 16.5. The van der Waals surface area contributed by atoms with E-state index in [2.05, 4.69) is 0 Å². The van der Waals surface area contributed by atoms with Gasteiger partial charge in [0.05, 0.1) is 12.3 Å². The van der Waals surface area contributed by atoms with E-state index in [1.807, 2.05) is 43.3 Å². The van der Waals surface area contributed by atoms with Gasteiger partial charge in [0, 0.05) is 5.56 Å². The Morgan fingerprint density at radius 1 is 1.11 bits per heavy atom. The molecular formula is C15H17O3P. The Kier molecular flexibility index (Phi) is 4.78. The van der Waals surface area contributed by atoms with E-state index in [1.165, 1.54) is 0 Å². The Labute approximate surface area is 113 Å². The van der Waals surface area contributed by atoms with E-state index in [4.69, 9.17) is 4.52 Å². The van der Waals surface area contributed by atoms with Crippen molar-refractivity contribution < 1.29 is 14.2 Å². The van der Waals surface area contributed by atoms with Gasteiger partial charge in [0.25, 0.3) is 0 Å². The largest absolute Gasteiger partial charge is 0.508 e. The molecule has 1 N–H and O–H groups in total. The number of aromatic hydroxyl groups is 1. The maximum absolute atomic E-state index is 12.3. The van der Waals surface area contributed by atoms with Crippen LogP contribution in [0.15, 0.2) is 54.6 Å². The normalized spacial score (nSPS) is 13.9. The van der Waals surface area contributed by atoms with Crippen LogP contribution in [-0.4, -0.2) is 11.7 Å². The summed E-state index contributed by atoms with van der Waals surface area (Å²) >= 11 is 0. The molecule has 0 aliphatic rings. The quantitative estimate of drug-likeness (QED) is 0.840. The van der Waals surface area contributed by atoms with Crippen LogP contribution in [0.1, 0.15) is 23.7 Å². The van der Waals surface area contributed by atoms with Crippen molar-refractivity contribution in [3.8, 4) is 5.75 Å². The first kappa shape index (κ1) is 13.9. The van der Waals surface area contributed by atoms with Gasteiger partial charge >= 0.3 is 0 Å². The molecular weight excluding hydrogens is 259 g/mol. The van der Waals surface area contributed by atoms with Crippen LogP contribution in [-0.2, 0) is 9.09 Å². The van der Waals surface area contributed by atoms with Crippen molar-refractivity contribution in [2.24, 2.45) is 0 Å². The number of hydrogen-bond donors (Lipinski definition) is 1. The average molecular weight is 276 g/mol. The first-order valence-electron chi connectivity index (χ1n) is 6.23. The van der Waals surface area contributed by atoms with E-state index < -0.39 is 13.7 Å². The Balaban J connectivity index is 2.46. The van der Waals surface area contributed by atoms with Gasteiger partial charge in [0.15, 0.2) is 0 Å². The van der Waals surface area contributed by atoms with Crippen LogP contribution in [0, 0.1) is 0 Å². The molecule has 100 valence electrons. The Morgan fingerprint density at radius 3 is 2.37 bits per heavy atom. The lowest BCUT2D eigenvalue weighted by atomic mass is 10.0. The highest BCUT2D eigenvalue weighted by Gasteiger charge is 2.23. The molecule has 3 nitrogen and oxygen atoms in total. The van der Waals surface area contributed by atoms with Crippen LogP contribution in [0.4, 0.5) is 0 Å². The van der Waals surface area contributed by atoms with Crippen LogP contribution in [0.25, 0.3) is 0 Å². The summed E-state index contributed by atoms with van der Waals surface area (Å²) in [5.74, 6) is 0.148. The molecule has 0 spiro atoms. The molecule has 2 atom stereocenters. The van der Waals surface area contributed by atoms with Gasteiger partial charge in [-0.1, -0.05) is 48.5 Å². The molecule has 0 saturated heterocycles. The molecule has 2 aromatic carbocycles. The predicted octanol–water partition coefficient (Wildman–Crippen LogP) is 3.99. The van der Waals surface area contributed by atoms with Gasteiger partial charge in [0.2, 0.25) is 8.03 Å². The van der Waals surface area contributed by atoms with Crippen molar-refractivity contribution in [1.82, 2.24) is 0 Å². The number of hydrogen-bond acceptors (Lipinski definition) is 3. The summed E-state index contributed by atoms with van der Waals surface area (Å²) in [7, 11) is -2.32. The van der Waals surface area contributed by atoms with Gasteiger partial charge in [-0.15, -0.1) is 0 Å². The molecule has 2 rings (SSSR count). The molecule has 0 bridgehead atoms. The third-order valence-electron chi connectivity index (χ3n) is 2.90. The van der Waals surface area contributed by atoms with E-state index in [1.54, 1.807) is 18.2 Å². The zero-order chi connectivity index (χ0) is 13.7. The SMILES string of the molecule is CCO[P@H](=O)[C@@H](c1ccccc1)c1ccccc1O. The van der Waals surface area contributed by atoms with Crippen molar-refractivity contribution in [2.75, 3.05) is 6.61 Å². The molecule has 0 saturated carbocycles. The molecule has 4 heteroatoms. The number of benzene rings is 2. The fraction of sp³-hybridized carbons (Fsp3) is 0.200. The van der Waals surface area contributed by atoms with Crippen molar-refractivity contribution in [3.63, 3.8) is 0 Å². The Morgan fingerprint density at radius 2 is 1.74 bits per heavy atom. The average Bonchev–Trinajstić information content (AvgIpc) is 2.43. The minimum atomic E-state index is -2.32. The lowest BCUT2D eigenvalue weighted by molar-refractivity contribution is 0.345. The monoisotopic (exact) mass is 276 g/mol. The fourth-order valence-corrected chi connectivity index (χ4v) is 3.46. The van der Waals surface area contributed by atoms with Crippen LogP contribution >= 0.6 is 8.03 Å². The molecule has 0 radical (unpaired) electrons. The second-order valence-corrected chi connectivity index (χ2v) is 5.66. The van der Waals surface area contributed by atoms with Crippen LogP contribution in [0.3, 0.4) is 0 Å². The molecule has 2 aromatic rings. The maximum atomic E-state index is 12.3. The molecule has 0 fully saturated rings. The highest BCUT2D eigenvalue weighted by molar-refractivity contribution is 7.40. The zero-order valence-corrected chi connectivity index (χ0v) is 11.7. The van der Waals surface area contributed by atoms with E-state index in [0.29, 0.717) is 12.2 Å². The highest BCUT2D eigenvalue weighted by atomic mass is 31.1. The van der Waals surface area contributed by atoms with Gasteiger partial charge in [-0.2, -0.15) is 0 Å². The lowest BCUT2D eigenvalue weighted by Gasteiger charge is -2.18. The maximum Gasteiger partial charge on any atom is 0.203 e.